The number of thiophene rings is 1. The smallest absolute Gasteiger partial charge is 0.160 e. The Balaban J connectivity index is 2.18. The fourth-order valence-corrected chi connectivity index (χ4v) is 3.59. The molecule has 0 aliphatic carbocycles. The molecule has 3 aromatic heterocycles. The van der Waals surface area contributed by atoms with Gasteiger partial charge in [0.2, 0.25) is 0 Å². The number of pyridine rings is 1. The summed E-state index contributed by atoms with van der Waals surface area (Å²) in [5, 5.41) is 2.09. The topological polar surface area (TPSA) is 30.7 Å². The SMILES string of the molecule is CC(c1cccs1)n1c(CCCl)nc2cc(Br)cnc21. The maximum absolute atomic E-state index is 5.92. The summed E-state index contributed by atoms with van der Waals surface area (Å²) in [7, 11) is 0. The molecule has 0 spiro atoms. The zero-order chi connectivity index (χ0) is 14.1. The number of hydrogen-bond acceptors (Lipinski definition) is 3. The Bertz CT molecular complexity index is 723. The number of imidazole rings is 1. The zero-order valence-corrected chi connectivity index (χ0v) is 14.0. The maximum Gasteiger partial charge on any atom is 0.160 e. The molecule has 0 bridgehead atoms. The first-order valence-electron chi connectivity index (χ1n) is 6.32. The third-order valence-corrected chi connectivity index (χ3v) is 4.90. The van der Waals surface area contributed by atoms with Crippen LogP contribution in [-0.4, -0.2) is 20.4 Å². The molecule has 0 N–H and O–H groups in total. The van der Waals surface area contributed by atoms with Crippen molar-refractivity contribution in [2.24, 2.45) is 0 Å². The van der Waals surface area contributed by atoms with E-state index in [1.165, 1.54) is 4.88 Å². The molecule has 1 unspecified atom stereocenters. The molecule has 0 aromatic carbocycles. The van der Waals surface area contributed by atoms with Crippen molar-refractivity contribution in [2.75, 3.05) is 5.88 Å². The maximum atomic E-state index is 5.92. The highest BCUT2D eigenvalue weighted by atomic mass is 79.9. The van der Waals surface area contributed by atoms with Gasteiger partial charge in [-0.05, 0) is 40.4 Å². The minimum absolute atomic E-state index is 0.215. The molecule has 3 nitrogen and oxygen atoms in total. The fourth-order valence-electron chi connectivity index (χ4n) is 2.33. The Morgan fingerprint density at radius 1 is 1.50 bits per heavy atom. The minimum Gasteiger partial charge on any atom is -0.304 e. The molecule has 20 heavy (non-hydrogen) atoms. The summed E-state index contributed by atoms with van der Waals surface area (Å²) in [6.45, 7) is 2.18. The molecule has 3 heterocycles. The number of aryl methyl sites for hydroxylation is 1. The van der Waals surface area contributed by atoms with E-state index in [9.17, 15) is 0 Å². The lowest BCUT2D eigenvalue weighted by Gasteiger charge is -2.15. The Morgan fingerprint density at radius 3 is 3.05 bits per heavy atom. The molecule has 104 valence electrons. The van der Waals surface area contributed by atoms with Crippen LogP contribution < -0.4 is 0 Å². The van der Waals surface area contributed by atoms with E-state index < -0.39 is 0 Å². The average Bonchev–Trinajstić information content (AvgIpc) is 3.05. The number of rotatable bonds is 4. The van der Waals surface area contributed by atoms with Crippen LogP contribution in [0.1, 0.15) is 23.7 Å². The average molecular weight is 371 g/mol. The van der Waals surface area contributed by atoms with Crippen molar-refractivity contribution in [2.45, 2.75) is 19.4 Å². The Morgan fingerprint density at radius 2 is 2.35 bits per heavy atom. The summed E-state index contributed by atoms with van der Waals surface area (Å²) in [6, 6.07) is 6.43. The third-order valence-electron chi connectivity index (χ3n) is 3.23. The highest BCUT2D eigenvalue weighted by Crippen LogP contribution is 2.29. The van der Waals surface area contributed by atoms with Gasteiger partial charge in [0.05, 0.1) is 6.04 Å². The molecule has 3 aromatic rings. The van der Waals surface area contributed by atoms with Crippen LogP contribution in [0.25, 0.3) is 11.2 Å². The van der Waals surface area contributed by atoms with Gasteiger partial charge in [0.25, 0.3) is 0 Å². The first-order chi connectivity index (χ1) is 9.70. The number of alkyl halides is 1. The minimum atomic E-state index is 0.215. The molecule has 0 saturated carbocycles. The summed E-state index contributed by atoms with van der Waals surface area (Å²) in [6.07, 6.45) is 2.55. The van der Waals surface area contributed by atoms with Crippen molar-refractivity contribution in [3.8, 4) is 0 Å². The van der Waals surface area contributed by atoms with Crippen LogP contribution in [0.2, 0.25) is 0 Å². The van der Waals surface area contributed by atoms with Crippen LogP contribution in [0.4, 0.5) is 0 Å². The van der Waals surface area contributed by atoms with Gasteiger partial charge in [-0.15, -0.1) is 22.9 Å². The van der Waals surface area contributed by atoms with E-state index in [-0.39, 0.29) is 6.04 Å². The van der Waals surface area contributed by atoms with Crippen molar-refractivity contribution in [1.82, 2.24) is 14.5 Å². The third kappa shape index (κ3) is 2.50. The Labute approximate surface area is 134 Å². The van der Waals surface area contributed by atoms with E-state index in [0.717, 1.165) is 27.9 Å². The van der Waals surface area contributed by atoms with Crippen LogP contribution >= 0.6 is 38.9 Å². The van der Waals surface area contributed by atoms with Crippen LogP contribution in [0, 0.1) is 0 Å². The summed E-state index contributed by atoms with van der Waals surface area (Å²) in [4.78, 5) is 10.5. The second-order valence-corrected chi connectivity index (χ2v) is 6.80. The zero-order valence-electron chi connectivity index (χ0n) is 10.9. The van der Waals surface area contributed by atoms with Crippen LogP contribution in [-0.2, 0) is 6.42 Å². The normalized spacial score (nSPS) is 12.9. The lowest BCUT2D eigenvalue weighted by molar-refractivity contribution is 0.628. The molecule has 0 radical (unpaired) electrons. The van der Waals surface area contributed by atoms with Crippen LogP contribution in [0.5, 0.6) is 0 Å². The van der Waals surface area contributed by atoms with Gasteiger partial charge in [-0.1, -0.05) is 6.07 Å². The quantitative estimate of drug-likeness (QED) is 0.626. The second-order valence-electron chi connectivity index (χ2n) is 4.52. The molecule has 6 heteroatoms. The predicted molar refractivity (Wildman–Crippen MR) is 87.8 cm³/mol. The standard InChI is InChI=1S/C14H13BrClN3S/c1-9(12-3-2-6-20-12)19-13(4-5-16)18-11-7-10(15)8-17-14(11)19/h2-3,6-9H,4-5H2,1H3. The molecule has 0 amide bonds. The molecule has 0 aliphatic rings. The van der Waals surface area contributed by atoms with Crippen molar-refractivity contribution in [1.29, 1.82) is 0 Å². The van der Waals surface area contributed by atoms with Gasteiger partial charge in [-0.2, -0.15) is 0 Å². The molecule has 3 rings (SSSR count). The first-order valence-corrected chi connectivity index (χ1v) is 8.53. The van der Waals surface area contributed by atoms with Crippen molar-refractivity contribution in [3.05, 3.63) is 45.0 Å². The second kappa shape index (κ2) is 5.84. The molecule has 0 fully saturated rings. The van der Waals surface area contributed by atoms with E-state index in [2.05, 4.69) is 54.9 Å². The first kappa shape index (κ1) is 14.0. The molecule has 0 saturated heterocycles. The highest BCUT2D eigenvalue weighted by Gasteiger charge is 2.18. The van der Waals surface area contributed by atoms with E-state index in [1.54, 1.807) is 11.3 Å². The van der Waals surface area contributed by atoms with Gasteiger partial charge < -0.3 is 4.57 Å². The molecular formula is C14H13BrClN3S. The highest BCUT2D eigenvalue weighted by molar-refractivity contribution is 9.10. The van der Waals surface area contributed by atoms with Gasteiger partial charge in [-0.25, -0.2) is 9.97 Å². The summed E-state index contributed by atoms with van der Waals surface area (Å²) in [5.74, 6) is 1.54. The van der Waals surface area contributed by atoms with Crippen molar-refractivity contribution < 1.29 is 0 Å². The van der Waals surface area contributed by atoms with E-state index in [1.807, 2.05) is 12.3 Å². The van der Waals surface area contributed by atoms with E-state index in [0.29, 0.717) is 5.88 Å². The monoisotopic (exact) mass is 369 g/mol. The fraction of sp³-hybridized carbons (Fsp3) is 0.286. The lowest BCUT2D eigenvalue weighted by Crippen LogP contribution is -2.10. The van der Waals surface area contributed by atoms with Gasteiger partial charge >= 0.3 is 0 Å². The number of aromatic nitrogens is 3. The van der Waals surface area contributed by atoms with E-state index in [4.69, 9.17) is 11.6 Å². The Kier molecular flexibility index (Phi) is 4.10. The van der Waals surface area contributed by atoms with Crippen molar-refractivity contribution in [3.63, 3.8) is 0 Å². The molecule has 1 atom stereocenters. The lowest BCUT2D eigenvalue weighted by atomic mass is 10.2. The van der Waals surface area contributed by atoms with Crippen molar-refractivity contribution >= 4 is 50.0 Å². The van der Waals surface area contributed by atoms with Gasteiger partial charge in [0.1, 0.15) is 11.3 Å². The number of fused-ring (bicyclic) bond motifs is 1. The summed E-state index contributed by atoms with van der Waals surface area (Å²) >= 11 is 11.1. The van der Waals surface area contributed by atoms with Gasteiger partial charge in [-0.3, -0.25) is 0 Å². The van der Waals surface area contributed by atoms with Gasteiger partial charge in [0.15, 0.2) is 5.65 Å². The van der Waals surface area contributed by atoms with Crippen LogP contribution in [0.15, 0.2) is 34.2 Å². The predicted octanol–water partition coefficient (Wildman–Crippen LogP) is 4.65. The molecule has 0 aliphatic heterocycles. The number of halogens is 2. The summed E-state index contributed by atoms with van der Waals surface area (Å²) in [5.41, 5.74) is 1.82. The van der Waals surface area contributed by atoms with Crippen LogP contribution in [0.3, 0.4) is 0 Å². The largest absolute Gasteiger partial charge is 0.304 e. The van der Waals surface area contributed by atoms with E-state index >= 15 is 0 Å². The number of nitrogens with zero attached hydrogens (tertiary/aromatic N) is 3. The Hall–Kier alpha value is -0.910. The summed E-state index contributed by atoms with van der Waals surface area (Å²) < 4.78 is 3.13. The number of hydrogen-bond donors (Lipinski definition) is 0. The van der Waals surface area contributed by atoms with Gasteiger partial charge in [0, 0.05) is 27.8 Å². The molecular weight excluding hydrogens is 358 g/mol.